The number of fused-ring (bicyclic) bond motifs is 3. The van der Waals surface area contributed by atoms with Crippen molar-refractivity contribution in [2.24, 2.45) is 11.8 Å². The fraction of sp³-hybridized carbons (Fsp3) is 0.452. The number of piperidine rings is 4. The molecule has 0 bridgehead atoms. The first-order valence-electron chi connectivity index (χ1n) is 13.7. The molecule has 1 aromatic heterocycles. The highest BCUT2D eigenvalue weighted by Crippen LogP contribution is 2.45. The van der Waals surface area contributed by atoms with Gasteiger partial charge in [-0.2, -0.15) is 0 Å². The molecule has 5 heteroatoms. The number of carbonyl (C=O) groups is 1. The maximum absolute atomic E-state index is 13.9. The van der Waals surface area contributed by atoms with Crippen LogP contribution in [0.25, 0.3) is 17.0 Å². The second kappa shape index (κ2) is 9.08. The van der Waals surface area contributed by atoms with Gasteiger partial charge in [-0.3, -0.25) is 9.69 Å². The molecule has 4 fully saturated rings. The van der Waals surface area contributed by atoms with Gasteiger partial charge in [0.05, 0.1) is 0 Å². The van der Waals surface area contributed by atoms with E-state index in [0.717, 1.165) is 47.2 Å². The van der Waals surface area contributed by atoms with Crippen molar-refractivity contribution in [2.75, 3.05) is 19.6 Å². The van der Waals surface area contributed by atoms with Crippen molar-refractivity contribution in [1.29, 1.82) is 0 Å². The molecule has 186 valence electrons. The van der Waals surface area contributed by atoms with Gasteiger partial charge < -0.3 is 9.47 Å². The molecule has 4 aliphatic rings. The van der Waals surface area contributed by atoms with E-state index in [1.165, 1.54) is 49.7 Å². The van der Waals surface area contributed by atoms with Gasteiger partial charge >= 0.3 is 0 Å². The third kappa shape index (κ3) is 3.72. The Morgan fingerprint density at radius 2 is 1.78 bits per heavy atom. The summed E-state index contributed by atoms with van der Waals surface area (Å²) in [7, 11) is 0. The summed E-state index contributed by atoms with van der Waals surface area (Å²) in [6.07, 6.45) is 11.5. The van der Waals surface area contributed by atoms with E-state index < -0.39 is 0 Å². The van der Waals surface area contributed by atoms with E-state index in [9.17, 15) is 4.79 Å². The first-order chi connectivity index (χ1) is 17.7. The summed E-state index contributed by atoms with van der Waals surface area (Å²) in [5, 5.41) is 1.98. The molecule has 0 saturated carbocycles. The molecule has 0 N–H and O–H groups in total. The molecule has 36 heavy (non-hydrogen) atoms. The van der Waals surface area contributed by atoms with Crippen molar-refractivity contribution in [3.8, 4) is 0 Å². The largest absolute Gasteiger partial charge is 0.342 e. The third-order valence-corrected chi connectivity index (χ3v) is 9.73. The molecule has 1 amide bonds. The monoisotopic (exact) mass is 499 g/mol. The Bertz CT molecular complexity index is 1340. The van der Waals surface area contributed by atoms with Crippen LogP contribution < -0.4 is 0 Å². The van der Waals surface area contributed by atoms with Crippen LogP contribution in [0.3, 0.4) is 0 Å². The summed E-state index contributed by atoms with van der Waals surface area (Å²) in [5.74, 6) is 1.61. The van der Waals surface area contributed by atoms with Crippen LogP contribution in [0.15, 0.2) is 60.3 Å². The van der Waals surface area contributed by atoms with Gasteiger partial charge in [0.2, 0.25) is 5.91 Å². The minimum atomic E-state index is 0.287. The van der Waals surface area contributed by atoms with E-state index in [1.54, 1.807) is 0 Å². The third-order valence-electron chi connectivity index (χ3n) is 9.36. The molecule has 0 spiro atoms. The number of carbonyl (C=O) groups excluding carboxylic acids is 1. The maximum Gasteiger partial charge on any atom is 0.250 e. The van der Waals surface area contributed by atoms with Crippen molar-refractivity contribution in [3.63, 3.8) is 0 Å². The fourth-order valence-electron chi connectivity index (χ4n) is 7.85. The van der Waals surface area contributed by atoms with Crippen molar-refractivity contribution in [2.45, 2.75) is 57.2 Å². The number of aromatic nitrogens is 1. The molecule has 0 unspecified atom stereocenters. The average molecular weight is 500 g/mol. The normalized spacial score (nSPS) is 29.4. The molecule has 0 radical (unpaired) electrons. The van der Waals surface area contributed by atoms with Gasteiger partial charge in [-0.25, -0.2) is 0 Å². The molecule has 5 heterocycles. The smallest absolute Gasteiger partial charge is 0.250 e. The first-order valence-corrected chi connectivity index (χ1v) is 14.1. The van der Waals surface area contributed by atoms with Crippen LogP contribution in [0.2, 0.25) is 5.02 Å². The van der Waals surface area contributed by atoms with Crippen LogP contribution in [0.5, 0.6) is 0 Å². The van der Waals surface area contributed by atoms with Gasteiger partial charge in [0.15, 0.2) is 0 Å². The number of benzene rings is 2. The molecule has 3 aromatic rings. The molecule has 4 nitrogen and oxygen atoms in total. The summed E-state index contributed by atoms with van der Waals surface area (Å²) in [6, 6.07) is 17.7. The summed E-state index contributed by atoms with van der Waals surface area (Å²) in [5.41, 5.74) is 4.40. The lowest BCUT2D eigenvalue weighted by Gasteiger charge is -2.58. The zero-order valence-corrected chi connectivity index (χ0v) is 21.5. The Labute approximate surface area is 218 Å². The Balaban J connectivity index is 1.20. The lowest BCUT2D eigenvalue weighted by atomic mass is 9.67. The zero-order valence-electron chi connectivity index (χ0n) is 20.8. The molecular formula is C31H34ClN3O. The van der Waals surface area contributed by atoms with Crippen molar-refractivity contribution < 1.29 is 4.79 Å². The molecule has 0 aliphatic carbocycles. The van der Waals surface area contributed by atoms with Crippen LogP contribution in [-0.4, -0.2) is 52.0 Å². The van der Waals surface area contributed by atoms with E-state index in [0.29, 0.717) is 24.4 Å². The van der Waals surface area contributed by atoms with Crippen LogP contribution >= 0.6 is 11.6 Å². The van der Waals surface area contributed by atoms with E-state index in [4.69, 9.17) is 11.6 Å². The predicted molar refractivity (Wildman–Crippen MR) is 146 cm³/mol. The second-order valence-electron chi connectivity index (χ2n) is 11.3. The van der Waals surface area contributed by atoms with E-state index in [2.05, 4.69) is 57.0 Å². The lowest BCUT2D eigenvalue weighted by molar-refractivity contribution is -0.145. The molecule has 4 atom stereocenters. The van der Waals surface area contributed by atoms with Gasteiger partial charge in [0, 0.05) is 58.4 Å². The summed E-state index contributed by atoms with van der Waals surface area (Å²) in [4.78, 5) is 19.0. The fourth-order valence-corrected chi connectivity index (χ4v) is 8.04. The van der Waals surface area contributed by atoms with Crippen molar-refractivity contribution >= 4 is 34.5 Å². The van der Waals surface area contributed by atoms with Crippen molar-refractivity contribution in [3.05, 3.63) is 76.5 Å². The van der Waals surface area contributed by atoms with E-state index in [-0.39, 0.29) is 5.91 Å². The zero-order chi connectivity index (χ0) is 24.2. The minimum Gasteiger partial charge on any atom is -0.342 e. The number of para-hydroxylation sites is 1. The molecule has 7 rings (SSSR count). The molecule has 2 aromatic carbocycles. The number of amides is 1. The molecule has 4 aliphatic heterocycles. The minimum absolute atomic E-state index is 0.287. The van der Waals surface area contributed by atoms with Crippen LogP contribution in [0.1, 0.15) is 49.7 Å². The second-order valence-corrected chi connectivity index (χ2v) is 11.7. The van der Waals surface area contributed by atoms with Gasteiger partial charge in [-0.05, 0) is 87.2 Å². The topological polar surface area (TPSA) is 28.5 Å². The van der Waals surface area contributed by atoms with E-state index >= 15 is 0 Å². The lowest BCUT2D eigenvalue weighted by Crippen LogP contribution is -2.66. The predicted octanol–water partition coefficient (Wildman–Crippen LogP) is 6.22. The number of halogens is 1. The highest BCUT2D eigenvalue weighted by molar-refractivity contribution is 6.31. The van der Waals surface area contributed by atoms with Crippen LogP contribution in [0.4, 0.5) is 0 Å². The molecule has 4 saturated heterocycles. The quantitative estimate of drug-likeness (QED) is 0.400. The first kappa shape index (κ1) is 22.6. The van der Waals surface area contributed by atoms with Crippen molar-refractivity contribution in [1.82, 2.24) is 14.4 Å². The Morgan fingerprint density at radius 1 is 0.972 bits per heavy atom. The van der Waals surface area contributed by atoms with Crippen LogP contribution in [0, 0.1) is 11.8 Å². The van der Waals surface area contributed by atoms with Gasteiger partial charge in [0.1, 0.15) is 0 Å². The maximum atomic E-state index is 13.9. The average Bonchev–Trinajstić information content (AvgIpc) is 3.25. The number of rotatable bonds is 3. The number of hydrogen-bond donors (Lipinski definition) is 0. The van der Waals surface area contributed by atoms with E-state index in [1.807, 2.05) is 18.2 Å². The Morgan fingerprint density at radius 3 is 2.67 bits per heavy atom. The highest BCUT2D eigenvalue weighted by atomic mass is 35.5. The number of nitrogens with zero attached hydrogens (tertiary/aromatic N) is 3. The molecular weight excluding hydrogens is 466 g/mol. The summed E-state index contributed by atoms with van der Waals surface area (Å²) < 4.78 is 2.27. The summed E-state index contributed by atoms with van der Waals surface area (Å²) >= 11 is 6.48. The Kier molecular flexibility index (Phi) is 5.70. The Hall–Kier alpha value is -2.56. The SMILES string of the molecule is O=C1/C(=C/c2cn(Cc3ccccc3Cl)c3ccccc23)CC[C@@H]2[C@H]3CCCN4CCC[C@H](CN12)[C@@H]34. The van der Waals surface area contributed by atoms with Gasteiger partial charge in [-0.15, -0.1) is 0 Å². The standard InChI is InChI=1S/C31H34ClN3O/c32-27-11-3-1-7-22(27)18-34-19-24(25-9-2-4-12-28(25)34)17-21-13-14-29-26-10-6-16-33-15-5-8-23(30(26)33)20-35(29)31(21)36/h1-4,7,9,11-12,17,19,23,26,29-30H,5-6,8,10,13-16,18,20H2/b21-17+/t23-,26-,29-,30+/m1/s1. The number of hydrogen-bond acceptors (Lipinski definition) is 2. The summed E-state index contributed by atoms with van der Waals surface area (Å²) in [6.45, 7) is 4.20. The van der Waals surface area contributed by atoms with Crippen LogP contribution in [-0.2, 0) is 11.3 Å². The highest BCUT2D eigenvalue weighted by Gasteiger charge is 2.51. The van der Waals surface area contributed by atoms with Gasteiger partial charge in [-0.1, -0.05) is 48.0 Å². The van der Waals surface area contributed by atoms with Gasteiger partial charge in [0.25, 0.3) is 0 Å².